The molecular formula is C21H18F6N4O. The van der Waals surface area contributed by atoms with Crippen molar-refractivity contribution in [2.45, 2.75) is 25.7 Å². The van der Waals surface area contributed by atoms with Gasteiger partial charge in [-0.1, -0.05) is 19.1 Å². The molecule has 0 saturated heterocycles. The van der Waals surface area contributed by atoms with Gasteiger partial charge in [0.05, 0.1) is 22.5 Å². The zero-order valence-corrected chi connectivity index (χ0v) is 16.6. The number of alkyl halides is 6. The molecule has 11 heteroatoms. The summed E-state index contributed by atoms with van der Waals surface area (Å²) in [6, 6.07) is 8.00. The van der Waals surface area contributed by atoms with E-state index in [1.54, 1.807) is 18.2 Å². The van der Waals surface area contributed by atoms with E-state index in [4.69, 9.17) is 5.73 Å². The average Bonchev–Trinajstić information content (AvgIpc) is 3.08. The summed E-state index contributed by atoms with van der Waals surface area (Å²) in [4.78, 5) is 15.3. The molecule has 0 atom stereocenters. The number of benzene rings is 2. The number of aromatic nitrogens is 1. The van der Waals surface area contributed by atoms with Gasteiger partial charge in [-0.3, -0.25) is 0 Å². The number of rotatable bonds is 4. The molecule has 0 bridgehead atoms. The third-order valence-electron chi connectivity index (χ3n) is 4.56. The third-order valence-corrected chi connectivity index (χ3v) is 4.56. The first-order valence-corrected chi connectivity index (χ1v) is 9.32. The van der Waals surface area contributed by atoms with Gasteiger partial charge in [-0.05, 0) is 42.8 Å². The molecule has 0 radical (unpaired) electrons. The molecule has 3 aromatic rings. The van der Waals surface area contributed by atoms with E-state index in [9.17, 15) is 31.1 Å². The number of hydrogen-bond acceptors (Lipinski definition) is 2. The van der Waals surface area contributed by atoms with Crippen molar-refractivity contribution in [1.82, 2.24) is 4.98 Å². The van der Waals surface area contributed by atoms with E-state index >= 15 is 0 Å². The minimum absolute atomic E-state index is 0.0158. The standard InChI is InChI=1S/C21H18F6N4O/c1-2-14-10-17(28)18(29-14)11-3-5-15(6-4-11)30-19(32)31-16-8-12(20(22,23)24)7-13(9-16)21(25,26)27/h3-10,29H,2,28H2,1H3,(H2,30,31,32). The van der Waals surface area contributed by atoms with E-state index in [2.05, 4.69) is 10.3 Å². The third kappa shape index (κ3) is 5.34. The molecule has 0 aliphatic carbocycles. The first kappa shape index (κ1) is 23.0. The van der Waals surface area contributed by atoms with Gasteiger partial charge in [0.2, 0.25) is 0 Å². The number of carbonyl (C=O) groups excluding carboxylic acids is 1. The van der Waals surface area contributed by atoms with Gasteiger partial charge in [-0.2, -0.15) is 26.3 Å². The summed E-state index contributed by atoms with van der Waals surface area (Å²) in [6.45, 7) is 1.96. The Labute approximate surface area is 178 Å². The summed E-state index contributed by atoms with van der Waals surface area (Å²) in [6.07, 6.45) is -9.27. The van der Waals surface area contributed by atoms with Gasteiger partial charge in [0, 0.05) is 22.6 Å². The van der Waals surface area contributed by atoms with Gasteiger partial charge in [-0.15, -0.1) is 0 Å². The zero-order chi connectivity index (χ0) is 23.7. The van der Waals surface area contributed by atoms with Crippen LogP contribution in [0.3, 0.4) is 0 Å². The number of nitrogen functional groups attached to an aromatic ring is 1. The monoisotopic (exact) mass is 456 g/mol. The first-order chi connectivity index (χ1) is 14.9. The molecule has 0 saturated carbocycles. The highest BCUT2D eigenvalue weighted by molar-refractivity contribution is 6.00. The molecule has 0 spiro atoms. The van der Waals surface area contributed by atoms with E-state index in [0.29, 0.717) is 23.5 Å². The summed E-state index contributed by atoms with van der Waals surface area (Å²) in [5.41, 5.74) is 5.47. The highest BCUT2D eigenvalue weighted by Crippen LogP contribution is 2.37. The lowest BCUT2D eigenvalue weighted by molar-refractivity contribution is -0.143. The molecule has 0 unspecified atom stereocenters. The number of nitrogens with one attached hydrogen (secondary N) is 3. The quantitative estimate of drug-likeness (QED) is 0.338. The maximum Gasteiger partial charge on any atom is 0.416 e. The van der Waals surface area contributed by atoms with Crippen LogP contribution < -0.4 is 16.4 Å². The number of anilines is 3. The Hall–Kier alpha value is -3.63. The molecule has 5 N–H and O–H groups in total. The van der Waals surface area contributed by atoms with Crippen LogP contribution in [0, 0.1) is 0 Å². The maximum absolute atomic E-state index is 12.9. The van der Waals surface area contributed by atoms with Crippen molar-refractivity contribution >= 4 is 23.1 Å². The SMILES string of the molecule is CCc1cc(N)c(-c2ccc(NC(=O)Nc3cc(C(F)(F)F)cc(C(F)(F)F)c3)cc2)[nH]1. The predicted octanol–water partition coefficient (Wildman–Crippen LogP) is 6.51. The van der Waals surface area contributed by atoms with Crippen LogP contribution >= 0.6 is 0 Å². The smallest absolute Gasteiger partial charge is 0.397 e. The summed E-state index contributed by atoms with van der Waals surface area (Å²) in [5, 5.41) is 4.37. The molecule has 1 aromatic heterocycles. The van der Waals surface area contributed by atoms with Crippen molar-refractivity contribution in [3.63, 3.8) is 0 Å². The van der Waals surface area contributed by atoms with Crippen molar-refractivity contribution in [2.75, 3.05) is 16.4 Å². The fourth-order valence-electron chi connectivity index (χ4n) is 3.00. The van der Waals surface area contributed by atoms with E-state index in [-0.39, 0.29) is 11.8 Å². The van der Waals surface area contributed by atoms with Crippen LogP contribution in [0.15, 0.2) is 48.5 Å². The molecule has 2 amide bonds. The van der Waals surface area contributed by atoms with Crippen molar-refractivity contribution < 1.29 is 31.1 Å². The van der Waals surface area contributed by atoms with E-state index < -0.39 is 35.2 Å². The van der Waals surface area contributed by atoms with Crippen LogP contribution in [0.1, 0.15) is 23.7 Å². The lowest BCUT2D eigenvalue weighted by atomic mass is 10.1. The summed E-state index contributed by atoms with van der Waals surface area (Å²) < 4.78 is 77.7. The molecule has 32 heavy (non-hydrogen) atoms. The zero-order valence-electron chi connectivity index (χ0n) is 16.6. The molecule has 1 heterocycles. The Morgan fingerprint density at radius 3 is 1.88 bits per heavy atom. The Kier molecular flexibility index (Phi) is 6.11. The van der Waals surface area contributed by atoms with Crippen molar-refractivity contribution in [3.8, 4) is 11.3 Å². The van der Waals surface area contributed by atoms with Crippen molar-refractivity contribution in [2.24, 2.45) is 0 Å². The van der Waals surface area contributed by atoms with Crippen molar-refractivity contribution in [3.05, 3.63) is 65.4 Å². The van der Waals surface area contributed by atoms with Gasteiger partial charge in [0.1, 0.15) is 0 Å². The minimum atomic E-state index is -5.01. The second-order valence-corrected chi connectivity index (χ2v) is 6.93. The lowest BCUT2D eigenvalue weighted by Gasteiger charge is -2.15. The van der Waals surface area contributed by atoms with Gasteiger partial charge < -0.3 is 21.4 Å². The van der Waals surface area contributed by atoms with E-state index in [0.717, 1.165) is 17.7 Å². The molecule has 2 aromatic carbocycles. The average molecular weight is 456 g/mol. The number of aromatic amines is 1. The Balaban J connectivity index is 1.76. The summed E-state index contributed by atoms with van der Waals surface area (Å²) in [5.74, 6) is 0. The highest BCUT2D eigenvalue weighted by atomic mass is 19.4. The topological polar surface area (TPSA) is 82.9 Å². The molecule has 0 aliphatic heterocycles. The number of amides is 2. The number of aryl methyl sites for hydroxylation is 1. The normalized spacial score (nSPS) is 12.0. The summed E-state index contributed by atoms with van der Waals surface area (Å²) >= 11 is 0. The Bertz CT molecular complexity index is 1080. The summed E-state index contributed by atoms with van der Waals surface area (Å²) in [7, 11) is 0. The molecule has 0 fully saturated rings. The Morgan fingerprint density at radius 1 is 0.875 bits per heavy atom. The number of H-pyrrole nitrogens is 1. The second kappa shape index (κ2) is 8.48. The van der Waals surface area contributed by atoms with E-state index in [1.165, 1.54) is 12.1 Å². The number of urea groups is 1. The molecule has 3 rings (SSSR count). The number of hydrogen-bond donors (Lipinski definition) is 4. The fourth-order valence-corrected chi connectivity index (χ4v) is 3.00. The van der Waals surface area contributed by atoms with Crippen LogP contribution in [-0.2, 0) is 18.8 Å². The minimum Gasteiger partial charge on any atom is -0.397 e. The molecule has 170 valence electrons. The predicted molar refractivity (Wildman–Crippen MR) is 109 cm³/mol. The first-order valence-electron chi connectivity index (χ1n) is 9.32. The van der Waals surface area contributed by atoms with Gasteiger partial charge in [-0.25, -0.2) is 4.79 Å². The molecule has 0 aliphatic rings. The number of carbonyl (C=O) groups is 1. The Morgan fingerprint density at radius 2 is 1.41 bits per heavy atom. The molecule has 5 nitrogen and oxygen atoms in total. The van der Waals surface area contributed by atoms with E-state index in [1.807, 2.05) is 12.2 Å². The van der Waals surface area contributed by atoms with Crippen LogP contribution in [0.25, 0.3) is 11.3 Å². The number of nitrogens with two attached hydrogens (primary N) is 1. The van der Waals surface area contributed by atoms with Gasteiger partial charge in [0.25, 0.3) is 0 Å². The largest absolute Gasteiger partial charge is 0.416 e. The highest BCUT2D eigenvalue weighted by Gasteiger charge is 2.37. The number of halogens is 6. The van der Waals surface area contributed by atoms with Gasteiger partial charge in [0.15, 0.2) is 0 Å². The maximum atomic E-state index is 12.9. The second-order valence-electron chi connectivity index (χ2n) is 6.93. The van der Waals surface area contributed by atoms with Crippen LogP contribution in [0.2, 0.25) is 0 Å². The lowest BCUT2D eigenvalue weighted by Crippen LogP contribution is -2.20. The fraction of sp³-hybridized carbons (Fsp3) is 0.190. The van der Waals surface area contributed by atoms with Gasteiger partial charge >= 0.3 is 18.4 Å². The van der Waals surface area contributed by atoms with Crippen molar-refractivity contribution in [1.29, 1.82) is 0 Å². The molecular weight excluding hydrogens is 438 g/mol. The van der Waals surface area contributed by atoms with Crippen LogP contribution in [0.4, 0.5) is 48.2 Å². The van der Waals surface area contributed by atoms with Crippen LogP contribution in [-0.4, -0.2) is 11.0 Å². The van der Waals surface area contributed by atoms with Crippen LogP contribution in [0.5, 0.6) is 0 Å².